The number of alkyl halides is 3. The lowest BCUT2D eigenvalue weighted by Crippen LogP contribution is -2.45. The van der Waals surface area contributed by atoms with E-state index in [4.69, 9.17) is 0 Å². The minimum absolute atomic E-state index is 0. The average molecular weight is 415 g/mol. The van der Waals surface area contributed by atoms with Crippen molar-refractivity contribution in [1.29, 1.82) is 0 Å². The van der Waals surface area contributed by atoms with E-state index in [-0.39, 0.29) is 36.6 Å². The molecule has 25 heavy (non-hydrogen) atoms. The number of benzene rings is 1. The minimum Gasteiger partial charge on any atom is -0.508 e. The fraction of sp³-hybridized carbons (Fsp3) is 0.375. The van der Waals surface area contributed by atoms with E-state index in [0.717, 1.165) is 49.3 Å². The lowest BCUT2D eigenvalue weighted by molar-refractivity contribution is -0.137. The summed E-state index contributed by atoms with van der Waals surface area (Å²) in [4.78, 5) is 3.04. The summed E-state index contributed by atoms with van der Waals surface area (Å²) in [6, 6.07) is 6.54. The van der Waals surface area contributed by atoms with E-state index in [1.165, 1.54) is 11.3 Å². The average Bonchev–Trinajstić information content (AvgIpc) is 3.03. The zero-order valence-electron chi connectivity index (χ0n) is 13.1. The summed E-state index contributed by atoms with van der Waals surface area (Å²) in [6.45, 7) is 3.00. The molecule has 1 aromatic heterocycles. The lowest BCUT2D eigenvalue weighted by Gasteiger charge is -2.35. The summed E-state index contributed by atoms with van der Waals surface area (Å²) < 4.78 is 39.1. The number of phenolic OH excluding ortho intramolecular Hbond substituents is 1. The number of nitrogens with zero attached hydrogens (tertiary/aromatic N) is 1. The Kier molecular flexibility index (Phi) is 8.02. The van der Waals surface area contributed by atoms with Gasteiger partial charge in [-0.1, -0.05) is 6.07 Å². The lowest BCUT2D eigenvalue weighted by atomic mass is 9.99. The van der Waals surface area contributed by atoms with E-state index in [9.17, 15) is 18.3 Å². The van der Waals surface area contributed by atoms with Gasteiger partial charge in [-0.05, 0) is 29.6 Å². The van der Waals surface area contributed by atoms with Gasteiger partial charge in [0.2, 0.25) is 0 Å². The number of halogens is 5. The number of hydrogen-bond donors (Lipinski definition) is 2. The zero-order chi connectivity index (χ0) is 16.4. The molecule has 0 aliphatic carbocycles. The van der Waals surface area contributed by atoms with Crippen molar-refractivity contribution in [1.82, 2.24) is 10.2 Å². The van der Waals surface area contributed by atoms with Crippen molar-refractivity contribution in [2.45, 2.75) is 12.2 Å². The molecule has 1 fully saturated rings. The molecule has 2 aromatic rings. The van der Waals surface area contributed by atoms with Crippen molar-refractivity contribution in [3.8, 4) is 5.75 Å². The molecular weight excluding hydrogens is 396 g/mol. The Labute approximate surface area is 160 Å². The van der Waals surface area contributed by atoms with E-state index in [0.29, 0.717) is 5.56 Å². The van der Waals surface area contributed by atoms with Gasteiger partial charge in [0.1, 0.15) is 5.75 Å². The number of piperazine rings is 1. The zero-order valence-corrected chi connectivity index (χ0v) is 15.6. The molecule has 2 heterocycles. The maximum atomic E-state index is 13.0. The van der Waals surface area contributed by atoms with Crippen LogP contribution < -0.4 is 5.32 Å². The molecule has 3 nitrogen and oxygen atoms in total. The highest BCUT2D eigenvalue weighted by Crippen LogP contribution is 2.40. The Morgan fingerprint density at radius 3 is 2.36 bits per heavy atom. The summed E-state index contributed by atoms with van der Waals surface area (Å²) >= 11 is 1.49. The van der Waals surface area contributed by atoms with Gasteiger partial charge in [0.05, 0.1) is 11.6 Å². The van der Waals surface area contributed by atoms with Crippen molar-refractivity contribution in [3.05, 3.63) is 51.7 Å². The van der Waals surface area contributed by atoms with E-state index < -0.39 is 11.7 Å². The molecule has 2 N–H and O–H groups in total. The van der Waals surface area contributed by atoms with Crippen LogP contribution in [0, 0.1) is 0 Å². The third-order valence-electron chi connectivity index (χ3n) is 3.98. The van der Waals surface area contributed by atoms with Crippen LogP contribution in [0.5, 0.6) is 5.75 Å². The van der Waals surface area contributed by atoms with E-state index in [2.05, 4.69) is 10.2 Å². The van der Waals surface area contributed by atoms with Crippen LogP contribution in [-0.4, -0.2) is 36.2 Å². The molecule has 0 bridgehead atoms. The van der Waals surface area contributed by atoms with Crippen LogP contribution in [0.1, 0.15) is 22.0 Å². The number of hydrogen-bond acceptors (Lipinski definition) is 4. The first-order chi connectivity index (χ1) is 11.0. The minimum atomic E-state index is -4.42. The third kappa shape index (κ3) is 5.01. The highest BCUT2D eigenvalue weighted by Gasteiger charge is 2.34. The van der Waals surface area contributed by atoms with E-state index in [1.807, 2.05) is 17.5 Å². The summed E-state index contributed by atoms with van der Waals surface area (Å²) in [5.41, 5.74) is -0.425. The predicted molar refractivity (Wildman–Crippen MR) is 98.2 cm³/mol. The van der Waals surface area contributed by atoms with E-state index in [1.54, 1.807) is 0 Å². The van der Waals surface area contributed by atoms with Crippen LogP contribution in [-0.2, 0) is 6.18 Å². The molecule has 9 heteroatoms. The number of thiophene rings is 1. The van der Waals surface area contributed by atoms with Gasteiger partial charge in [0, 0.05) is 36.6 Å². The van der Waals surface area contributed by atoms with Gasteiger partial charge in [-0.25, -0.2) is 0 Å². The summed E-state index contributed by atoms with van der Waals surface area (Å²) in [6.07, 6.45) is -4.42. The predicted octanol–water partition coefficient (Wildman–Crippen LogP) is 4.31. The van der Waals surface area contributed by atoms with Crippen LogP contribution >= 0.6 is 36.2 Å². The van der Waals surface area contributed by atoms with Crippen molar-refractivity contribution >= 4 is 36.2 Å². The molecule has 1 aromatic carbocycles. The molecule has 0 unspecified atom stereocenters. The quantitative estimate of drug-likeness (QED) is 0.785. The Bertz CT molecular complexity index is 662. The second-order valence-electron chi connectivity index (χ2n) is 5.48. The molecule has 0 radical (unpaired) electrons. The topological polar surface area (TPSA) is 35.5 Å². The Morgan fingerprint density at radius 2 is 1.80 bits per heavy atom. The first-order valence-electron chi connectivity index (χ1n) is 7.35. The molecule has 3 rings (SSSR count). The smallest absolute Gasteiger partial charge is 0.416 e. The van der Waals surface area contributed by atoms with Crippen molar-refractivity contribution in [2.24, 2.45) is 0 Å². The standard InChI is InChI=1S/C16H17F3N2OS.2ClH/c17-16(18,19)11-3-4-13(22)12(10-11)15(14-2-1-9-23-14)21-7-5-20-6-8-21;;/h1-4,9-10,15,20,22H,5-8H2;2*1H/t15-;;/m1../s1. The van der Waals surface area contributed by atoms with Crippen molar-refractivity contribution in [3.63, 3.8) is 0 Å². The maximum Gasteiger partial charge on any atom is 0.416 e. The molecule has 1 saturated heterocycles. The SMILES string of the molecule is Cl.Cl.Oc1ccc(C(F)(F)F)cc1[C@H](c1cccs1)N1CCNCC1. The molecule has 0 spiro atoms. The molecule has 1 aliphatic rings. The van der Waals surface area contributed by atoms with Gasteiger partial charge in [-0.2, -0.15) is 13.2 Å². The maximum absolute atomic E-state index is 13.0. The molecule has 1 aliphatic heterocycles. The van der Waals surface area contributed by atoms with Crippen molar-refractivity contribution < 1.29 is 18.3 Å². The Morgan fingerprint density at radius 1 is 1.12 bits per heavy atom. The fourth-order valence-corrected chi connectivity index (χ4v) is 3.74. The van der Waals surface area contributed by atoms with Gasteiger partial charge < -0.3 is 10.4 Å². The first kappa shape index (κ1) is 22.1. The summed E-state index contributed by atoms with van der Waals surface area (Å²) in [5.74, 6) is -0.102. The molecule has 1 atom stereocenters. The van der Waals surface area contributed by atoms with Crippen molar-refractivity contribution in [2.75, 3.05) is 26.2 Å². The van der Waals surface area contributed by atoms with Gasteiger partial charge in [0.15, 0.2) is 0 Å². The third-order valence-corrected chi connectivity index (χ3v) is 4.90. The van der Waals surface area contributed by atoms with Crippen LogP contribution in [0.15, 0.2) is 35.7 Å². The highest BCUT2D eigenvalue weighted by molar-refractivity contribution is 7.10. The van der Waals surface area contributed by atoms with Crippen LogP contribution in [0.4, 0.5) is 13.2 Å². The largest absolute Gasteiger partial charge is 0.508 e. The van der Waals surface area contributed by atoms with Gasteiger partial charge in [-0.3, -0.25) is 4.90 Å². The van der Waals surface area contributed by atoms with E-state index >= 15 is 0 Å². The number of phenols is 1. The summed E-state index contributed by atoms with van der Waals surface area (Å²) in [5, 5.41) is 15.3. The highest BCUT2D eigenvalue weighted by atomic mass is 35.5. The second kappa shape index (κ2) is 9.09. The number of nitrogens with one attached hydrogen (secondary N) is 1. The first-order valence-corrected chi connectivity index (χ1v) is 8.23. The molecule has 0 saturated carbocycles. The van der Waals surface area contributed by atoms with Crippen LogP contribution in [0.3, 0.4) is 0 Å². The van der Waals surface area contributed by atoms with Crippen LogP contribution in [0.25, 0.3) is 0 Å². The monoisotopic (exact) mass is 414 g/mol. The fourth-order valence-electron chi connectivity index (χ4n) is 2.87. The molecule has 140 valence electrons. The van der Waals surface area contributed by atoms with Crippen LogP contribution in [0.2, 0.25) is 0 Å². The van der Waals surface area contributed by atoms with Gasteiger partial charge in [0.25, 0.3) is 0 Å². The normalized spacial score (nSPS) is 16.6. The Hall–Kier alpha value is -0.990. The van der Waals surface area contributed by atoms with Gasteiger partial charge >= 0.3 is 6.18 Å². The molecule has 0 amide bonds. The number of aromatic hydroxyl groups is 1. The molecular formula is C16H19Cl2F3N2OS. The van der Waals surface area contributed by atoms with Gasteiger partial charge in [-0.15, -0.1) is 36.2 Å². The second-order valence-corrected chi connectivity index (χ2v) is 6.45. The Balaban J connectivity index is 0.00000156. The number of rotatable bonds is 3. The summed E-state index contributed by atoms with van der Waals surface area (Å²) in [7, 11) is 0.